The minimum absolute atomic E-state index is 0.923. The summed E-state index contributed by atoms with van der Waals surface area (Å²) in [7, 11) is 2.12. The van der Waals surface area contributed by atoms with E-state index in [1.165, 1.54) is 14.9 Å². The number of halogens is 1. The Bertz CT molecular complexity index is 421. The zero-order valence-electron chi connectivity index (χ0n) is 9.37. The molecule has 2 aromatic rings. The summed E-state index contributed by atoms with van der Waals surface area (Å²) in [6, 6.07) is 4.13. The van der Waals surface area contributed by atoms with Gasteiger partial charge in [0, 0.05) is 28.0 Å². The maximum atomic E-state index is 5.29. The summed E-state index contributed by atoms with van der Waals surface area (Å²) in [6.45, 7) is 3.89. The lowest BCUT2D eigenvalue weighted by Crippen LogP contribution is -2.16. The molecule has 0 bridgehead atoms. The molecular formula is C12H14BrNOS. The van der Waals surface area contributed by atoms with Gasteiger partial charge in [-0.1, -0.05) is 0 Å². The monoisotopic (exact) mass is 299 g/mol. The molecule has 0 saturated heterocycles. The molecule has 2 heterocycles. The molecule has 0 fully saturated rings. The number of aryl methyl sites for hydroxylation is 1. The lowest BCUT2D eigenvalue weighted by Gasteiger charge is -2.15. The third kappa shape index (κ3) is 2.75. The average molecular weight is 300 g/mol. The Morgan fingerprint density at radius 1 is 1.38 bits per heavy atom. The summed E-state index contributed by atoms with van der Waals surface area (Å²) < 4.78 is 6.49. The molecule has 16 heavy (non-hydrogen) atoms. The molecule has 0 unspecified atom stereocenters. The fraction of sp³-hybridized carbons (Fsp3) is 0.333. The molecule has 0 aliphatic heterocycles. The van der Waals surface area contributed by atoms with E-state index < -0.39 is 0 Å². The third-order valence-electron chi connectivity index (χ3n) is 2.51. The molecule has 86 valence electrons. The van der Waals surface area contributed by atoms with Crippen LogP contribution >= 0.6 is 27.3 Å². The number of thiophene rings is 1. The van der Waals surface area contributed by atoms with Crippen molar-refractivity contribution in [2.75, 3.05) is 7.05 Å². The van der Waals surface area contributed by atoms with Gasteiger partial charge in [-0.05, 0) is 47.4 Å². The Morgan fingerprint density at radius 3 is 2.75 bits per heavy atom. The lowest BCUT2D eigenvalue weighted by atomic mass is 10.2. The number of hydrogen-bond acceptors (Lipinski definition) is 3. The van der Waals surface area contributed by atoms with Gasteiger partial charge in [0.15, 0.2) is 0 Å². The second-order valence-electron chi connectivity index (χ2n) is 3.87. The first-order valence-corrected chi connectivity index (χ1v) is 6.77. The van der Waals surface area contributed by atoms with Crippen LogP contribution in [-0.4, -0.2) is 11.9 Å². The summed E-state index contributed by atoms with van der Waals surface area (Å²) in [4.78, 5) is 3.65. The largest absolute Gasteiger partial charge is 0.469 e. The van der Waals surface area contributed by atoms with E-state index in [1.54, 1.807) is 17.6 Å². The fourth-order valence-corrected chi connectivity index (χ4v) is 3.16. The first kappa shape index (κ1) is 11.9. The summed E-state index contributed by atoms with van der Waals surface area (Å²) in [5, 5.41) is 2.11. The van der Waals surface area contributed by atoms with Crippen molar-refractivity contribution in [3.8, 4) is 0 Å². The molecule has 0 aliphatic rings. The van der Waals surface area contributed by atoms with E-state index >= 15 is 0 Å². The van der Waals surface area contributed by atoms with Crippen LogP contribution in [0.1, 0.15) is 16.2 Å². The Morgan fingerprint density at radius 2 is 2.19 bits per heavy atom. The second kappa shape index (κ2) is 5.17. The molecule has 0 aliphatic carbocycles. The quantitative estimate of drug-likeness (QED) is 0.847. The van der Waals surface area contributed by atoms with Gasteiger partial charge in [0.05, 0.1) is 6.26 Å². The van der Waals surface area contributed by atoms with E-state index in [9.17, 15) is 0 Å². The normalized spacial score (nSPS) is 11.2. The standard InChI is InChI=1S/C12H14BrNOS/c1-9-10(3-5-15-9)7-14(2)8-12-11(13)4-6-16-12/h3-6H,7-8H2,1-2H3. The second-order valence-corrected chi connectivity index (χ2v) is 5.72. The minimum atomic E-state index is 0.923. The highest BCUT2D eigenvalue weighted by molar-refractivity contribution is 9.10. The molecule has 0 N–H and O–H groups in total. The van der Waals surface area contributed by atoms with Crippen LogP contribution in [0.25, 0.3) is 0 Å². The van der Waals surface area contributed by atoms with Crippen LogP contribution in [0.15, 0.2) is 32.7 Å². The molecule has 0 radical (unpaired) electrons. The van der Waals surface area contributed by atoms with E-state index in [1.807, 2.05) is 13.0 Å². The molecule has 0 aromatic carbocycles. The van der Waals surface area contributed by atoms with Crippen LogP contribution in [0, 0.1) is 6.92 Å². The highest BCUT2D eigenvalue weighted by Gasteiger charge is 2.08. The van der Waals surface area contributed by atoms with Crippen molar-refractivity contribution >= 4 is 27.3 Å². The summed E-state index contributed by atoms with van der Waals surface area (Å²) in [5.41, 5.74) is 1.26. The van der Waals surface area contributed by atoms with Crippen molar-refractivity contribution in [3.63, 3.8) is 0 Å². The molecule has 2 rings (SSSR count). The number of rotatable bonds is 4. The number of nitrogens with zero attached hydrogens (tertiary/aromatic N) is 1. The zero-order valence-corrected chi connectivity index (χ0v) is 11.8. The Hall–Kier alpha value is -0.580. The highest BCUT2D eigenvalue weighted by Crippen LogP contribution is 2.24. The van der Waals surface area contributed by atoms with Crippen LogP contribution in [0.3, 0.4) is 0 Å². The van der Waals surface area contributed by atoms with Crippen molar-refractivity contribution in [3.05, 3.63) is 44.4 Å². The fourth-order valence-electron chi connectivity index (χ4n) is 1.61. The van der Waals surface area contributed by atoms with Crippen LogP contribution in [-0.2, 0) is 13.1 Å². The first-order valence-electron chi connectivity index (χ1n) is 5.10. The van der Waals surface area contributed by atoms with Gasteiger partial charge in [-0.2, -0.15) is 0 Å². The Labute approximate surface area is 108 Å². The summed E-state index contributed by atoms with van der Waals surface area (Å²) >= 11 is 5.34. The predicted molar refractivity (Wildman–Crippen MR) is 70.6 cm³/mol. The van der Waals surface area contributed by atoms with Gasteiger partial charge in [0.2, 0.25) is 0 Å². The van der Waals surface area contributed by atoms with Crippen molar-refractivity contribution < 1.29 is 4.42 Å². The van der Waals surface area contributed by atoms with E-state index in [4.69, 9.17) is 4.42 Å². The van der Waals surface area contributed by atoms with Gasteiger partial charge in [-0.15, -0.1) is 11.3 Å². The number of hydrogen-bond donors (Lipinski definition) is 0. The predicted octanol–water partition coefficient (Wildman–Crippen LogP) is 4.04. The molecule has 0 amide bonds. The highest BCUT2D eigenvalue weighted by atomic mass is 79.9. The smallest absolute Gasteiger partial charge is 0.105 e. The average Bonchev–Trinajstić information content (AvgIpc) is 2.79. The van der Waals surface area contributed by atoms with Crippen molar-refractivity contribution in [2.45, 2.75) is 20.0 Å². The van der Waals surface area contributed by atoms with Crippen molar-refractivity contribution in [2.24, 2.45) is 0 Å². The van der Waals surface area contributed by atoms with E-state index in [0.717, 1.165) is 18.8 Å². The van der Waals surface area contributed by atoms with E-state index in [0.29, 0.717) is 0 Å². The Kier molecular flexibility index (Phi) is 3.84. The van der Waals surface area contributed by atoms with Crippen LogP contribution in [0.2, 0.25) is 0 Å². The van der Waals surface area contributed by atoms with Crippen molar-refractivity contribution in [1.29, 1.82) is 0 Å². The molecular weight excluding hydrogens is 286 g/mol. The van der Waals surface area contributed by atoms with Crippen molar-refractivity contribution in [1.82, 2.24) is 4.90 Å². The summed E-state index contributed by atoms with van der Waals surface area (Å²) in [5.74, 6) is 1.01. The van der Waals surface area contributed by atoms with E-state index in [-0.39, 0.29) is 0 Å². The van der Waals surface area contributed by atoms with Gasteiger partial charge in [0.1, 0.15) is 5.76 Å². The van der Waals surface area contributed by atoms with Crippen LogP contribution in [0.4, 0.5) is 0 Å². The van der Waals surface area contributed by atoms with E-state index in [2.05, 4.69) is 39.3 Å². The van der Waals surface area contributed by atoms with Crippen LogP contribution in [0.5, 0.6) is 0 Å². The molecule has 4 heteroatoms. The van der Waals surface area contributed by atoms with Gasteiger partial charge in [-0.3, -0.25) is 4.90 Å². The van der Waals surface area contributed by atoms with Gasteiger partial charge in [-0.25, -0.2) is 0 Å². The molecule has 0 atom stereocenters. The Balaban J connectivity index is 1.97. The number of furan rings is 1. The summed E-state index contributed by atoms with van der Waals surface area (Å²) in [6.07, 6.45) is 1.75. The molecule has 2 nitrogen and oxygen atoms in total. The third-order valence-corrected chi connectivity index (χ3v) is 4.42. The van der Waals surface area contributed by atoms with Gasteiger partial charge in [0.25, 0.3) is 0 Å². The molecule has 0 spiro atoms. The molecule has 2 aromatic heterocycles. The SMILES string of the molecule is Cc1occc1CN(C)Cc1sccc1Br. The maximum absolute atomic E-state index is 5.29. The minimum Gasteiger partial charge on any atom is -0.469 e. The first-order chi connectivity index (χ1) is 7.66. The maximum Gasteiger partial charge on any atom is 0.105 e. The zero-order chi connectivity index (χ0) is 11.5. The topological polar surface area (TPSA) is 16.4 Å². The lowest BCUT2D eigenvalue weighted by molar-refractivity contribution is 0.318. The molecule has 0 saturated carbocycles. The van der Waals surface area contributed by atoms with Gasteiger partial charge >= 0.3 is 0 Å². The van der Waals surface area contributed by atoms with Gasteiger partial charge < -0.3 is 4.42 Å². The van der Waals surface area contributed by atoms with Crippen LogP contribution < -0.4 is 0 Å².